The number of nitrogens with one attached hydrogen (secondary N) is 1. The minimum atomic E-state index is -1.80. The number of carbonyl (C=O) groups excluding carboxylic acids is 1. The number of benzene rings is 1. The molecule has 1 amide bonds. The molecule has 2 aliphatic heterocycles. The van der Waals surface area contributed by atoms with Crippen molar-refractivity contribution in [3.05, 3.63) is 34.4 Å². The van der Waals surface area contributed by atoms with Crippen LogP contribution in [0.5, 0.6) is 5.75 Å². The van der Waals surface area contributed by atoms with E-state index in [1.807, 2.05) is 0 Å². The summed E-state index contributed by atoms with van der Waals surface area (Å²) in [6.45, 7) is -0.262. The molecule has 1 aromatic carbocycles. The molecule has 0 aromatic heterocycles. The molecule has 196 valence electrons. The Hall–Kier alpha value is -2.47. The lowest BCUT2D eigenvalue weighted by molar-refractivity contribution is -0.384. The van der Waals surface area contributed by atoms with E-state index in [9.17, 15) is 45.5 Å². The van der Waals surface area contributed by atoms with Gasteiger partial charge in [-0.15, -0.1) is 0 Å². The number of aliphatic hydroxyl groups is 6. The zero-order chi connectivity index (χ0) is 25.9. The van der Waals surface area contributed by atoms with Gasteiger partial charge in [-0.1, -0.05) is 0 Å². The van der Waals surface area contributed by atoms with Crippen LogP contribution in [0.4, 0.5) is 5.69 Å². The Kier molecular flexibility index (Phi) is 8.92. The molecule has 15 heteroatoms. The zero-order valence-corrected chi connectivity index (χ0v) is 18.5. The van der Waals surface area contributed by atoms with Gasteiger partial charge in [0.15, 0.2) is 6.29 Å². The first-order valence-corrected chi connectivity index (χ1v) is 10.7. The Morgan fingerprint density at radius 1 is 0.971 bits per heavy atom. The zero-order valence-electron chi connectivity index (χ0n) is 18.5. The van der Waals surface area contributed by atoms with Gasteiger partial charge in [-0.25, -0.2) is 0 Å². The number of amides is 1. The van der Waals surface area contributed by atoms with Crippen LogP contribution in [0, 0.1) is 10.1 Å². The predicted molar refractivity (Wildman–Crippen MR) is 112 cm³/mol. The molecule has 0 bridgehead atoms. The van der Waals surface area contributed by atoms with Crippen LogP contribution in [0.15, 0.2) is 24.3 Å². The number of nitrogens with zero attached hydrogens (tertiary/aromatic N) is 1. The molecule has 3 rings (SSSR count). The van der Waals surface area contributed by atoms with Crippen LogP contribution in [0.2, 0.25) is 0 Å². The second kappa shape index (κ2) is 11.5. The summed E-state index contributed by atoms with van der Waals surface area (Å²) in [6, 6.07) is 3.63. The predicted octanol–water partition coefficient (Wildman–Crippen LogP) is -3.26. The lowest BCUT2D eigenvalue weighted by Gasteiger charge is -2.47. The SMILES string of the molecule is CC(=O)N[C@@H]1[C@@H](Oc2ccc([N+](=O)[O-])cc2)O[C@H](CO)[C@@H](O)[C@@H]1O[C@@H]1O[C@H](CO)[C@H](O)[C@H](O)[C@H]1O. The van der Waals surface area contributed by atoms with E-state index < -0.39 is 85.4 Å². The number of non-ortho nitro benzene ring substituents is 1. The van der Waals surface area contributed by atoms with E-state index >= 15 is 0 Å². The van der Waals surface area contributed by atoms with Crippen molar-refractivity contribution in [2.24, 2.45) is 0 Å². The molecule has 2 aliphatic rings. The molecule has 2 heterocycles. The van der Waals surface area contributed by atoms with Gasteiger partial charge < -0.3 is 54.9 Å². The quantitative estimate of drug-likeness (QED) is 0.136. The first-order chi connectivity index (χ1) is 16.6. The van der Waals surface area contributed by atoms with Crippen LogP contribution < -0.4 is 10.1 Å². The molecule has 15 nitrogen and oxygen atoms in total. The van der Waals surface area contributed by atoms with Crippen LogP contribution in [0.1, 0.15) is 6.92 Å². The van der Waals surface area contributed by atoms with E-state index in [4.69, 9.17) is 18.9 Å². The Bertz CT molecular complexity index is 869. The number of hydrogen-bond acceptors (Lipinski definition) is 13. The van der Waals surface area contributed by atoms with Gasteiger partial charge in [-0.2, -0.15) is 0 Å². The smallest absolute Gasteiger partial charge is 0.269 e. The largest absolute Gasteiger partial charge is 0.463 e. The van der Waals surface area contributed by atoms with Gasteiger partial charge in [-0.05, 0) is 12.1 Å². The molecule has 35 heavy (non-hydrogen) atoms. The molecular formula is C20H28N2O13. The van der Waals surface area contributed by atoms with Gasteiger partial charge in [-0.3, -0.25) is 14.9 Å². The molecule has 2 saturated heterocycles. The number of ether oxygens (including phenoxy) is 4. The fourth-order valence-electron chi connectivity index (χ4n) is 3.83. The summed E-state index contributed by atoms with van der Waals surface area (Å²) < 4.78 is 22.3. The van der Waals surface area contributed by atoms with Crippen molar-refractivity contribution in [1.82, 2.24) is 5.32 Å². The summed E-state index contributed by atoms with van der Waals surface area (Å²) >= 11 is 0. The molecule has 0 radical (unpaired) electrons. The van der Waals surface area contributed by atoms with Gasteiger partial charge in [0, 0.05) is 19.1 Å². The third kappa shape index (κ3) is 6.03. The Balaban J connectivity index is 1.88. The fourth-order valence-corrected chi connectivity index (χ4v) is 3.83. The van der Waals surface area contributed by atoms with Crippen molar-refractivity contribution in [1.29, 1.82) is 0 Å². The van der Waals surface area contributed by atoms with E-state index in [1.165, 1.54) is 31.2 Å². The number of nitro benzene ring substituents is 1. The molecule has 2 fully saturated rings. The topological polar surface area (TPSA) is 231 Å². The van der Waals surface area contributed by atoms with Crippen LogP contribution in [-0.2, 0) is 19.0 Å². The number of aliphatic hydroxyl groups excluding tert-OH is 6. The van der Waals surface area contributed by atoms with Crippen molar-refractivity contribution in [2.45, 2.75) is 68.3 Å². The number of carbonyl (C=O) groups is 1. The molecule has 0 saturated carbocycles. The number of rotatable bonds is 8. The highest BCUT2D eigenvalue weighted by atomic mass is 16.7. The highest BCUT2D eigenvalue weighted by molar-refractivity contribution is 5.73. The Morgan fingerprint density at radius 3 is 2.09 bits per heavy atom. The third-order valence-electron chi connectivity index (χ3n) is 5.66. The highest BCUT2D eigenvalue weighted by Crippen LogP contribution is 2.31. The molecule has 10 atom stereocenters. The normalized spacial score (nSPS) is 37.5. The molecular weight excluding hydrogens is 476 g/mol. The van der Waals surface area contributed by atoms with Crippen molar-refractivity contribution in [3.8, 4) is 5.75 Å². The Morgan fingerprint density at radius 2 is 1.54 bits per heavy atom. The summed E-state index contributed by atoms with van der Waals surface area (Å²) in [5.74, 6) is -0.497. The van der Waals surface area contributed by atoms with Gasteiger partial charge in [0.1, 0.15) is 54.5 Å². The van der Waals surface area contributed by atoms with Crippen molar-refractivity contribution >= 4 is 11.6 Å². The molecule has 0 unspecified atom stereocenters. The third-order valence-corrected chi connectivity index (χ3v) is 5.66. The highest BCUT2D eigenvalue weighted by Gasteiger charge is 2.52. The summed E-state index contributed by atoms with van der Waals surface area (Å²) in [6.07, 6.45) is -13.9. The monoisotopic (exact) mass is 504 g/mol. The lowest BCUT2D eigenvalue weighted by atomic mass is 9.95. The number of hydrogen-bond donors (Lipinski definition) is 7. The maximum absolute atomic E-state index is 11.9. The Labute approximate surface area is 198 Å². The van der Waals surface area contributed by atoms with E-state index in [2.05, 4.69) is 5.32 Å². The first kappa shape index (κ1) is 27.1. The molecule has 7 N–H and O–H groups in total. The van der Waals surface area contributed by atoms with Gasteiger partial charge in [0.2, 0.25) is 12.2 Å². The standard InChI is InChI=1S/C20H28N2O13/c1-8(25)21-13-18(35-20-17(29)16(28)14(26)11(6-23)34-20)15(27)12(7-24)33-19(13)32-10-4-2-9(3-5-10)22(30)31/h2-5,11-20,23-24,26-29H,6-7H2,1H3,(H,21,25)/t11-,12-,13+,14+,15-,16+,17-,18-,19+,20+/m1/s1. The van der Waals surface area contributed by atoms with Crippen LogP contribution in [-0.4, -0.2) is 116 Å². The van der Waals surface area contributed by atoms with E-state index in [0.717, 1.165) is 0 Å². The first-order valence-electron chi connectivity index (χ1n) is 10.7. The van der Waals surface area contributed by atoms with Gasteiger partial charge in [0.25, 0.3) is 5.69 Å². The maximum atomic E-state index is 11.9. The molecule has 0 spiro atoms. The number of nitro groups is 1. The minimum absolute atomic E-state index is 0.0932. The van der Waals surface area contributed by atoms with Gasteiger partial charge >= 0.3 is 0 Å². The summed E-state index contributed by atoms with van der Waals surface area (Å²) in [4.78, 5) is 22.2. The molecule has 0 aliphatic carbocycles. The summed E-state index contributed by atoms with van der Waals surface area (Å²) in [5, 5.41) is 73.6. The second-order valence-electron chi connectivity index (χ2n) is 8.11. The maximum Gasteiger partial charge on any atom is 0.269 e. The van der Waals surface area contributed by atoms with Crippen LogP contribution >= 0.6 is 0 Å². The summed E-state index contributed by atoms with van der Waals surface area (Å²) in [5.41, 5.74) is -0.201. The van der Waals surface area contributed by atoms with Crippen molar-refractivity contribution in [3.63, 3.8) is 0 Å². The van der Waals surface area contributed by atoms with Crippen molar-refractivity contribution in [2.75, 3.05) is 13.2 Å². The van der Waals surface area contributed by atoms with E-state index in [0.29, 0.717) is 0 Å². The minimum Gasteiger partial charge on any atom is -0.463 e. The fraction of sp³-hybridized carbons (Fsp3) is 0.650. The van der Waals surface area contributed by atoms with Gasteiger partial charge in [0.05, 0.1) is 18.1 Å². The molecule has 1 aromatic rings. The lowest BCUT2D eigenvalue weighted by Crippen LogP contribution is -2.68. The van der Waals surface area contributed by atoms with Crippen molar-refractivity contribution < 1.29 is 59.3 Å². The van der Waals surface area contributed by atoms with Crippen LogP contribution in [0.3, 0.4) is 0 Å². The van der Waals surface area contributed by atoms with E-state index in [1.54, 1.807) is 0 Å². The second-order valence-corrected chi connectivity index (χ2v) is 8.11. The summed E-state index contributed by atoms with van der Waals surface area (Å²) in [7, 11) is 0. The van der Waals surface area contributed by atoms with Crippen LogP contribution in [0.25, 0.3) is 0 Å². The average Bonchev–Trinajstić information content (AvgIpc) is 2.82. The average molecular weight is 504 g/mol. The van der Waals surface area contributed by atoms with E-state index in [-0.39, 0.29) is 11.4 Å².